The van der Waals surface area contributed by atoms with E-state index in [0.717, 1.165) is 39.9 Å². The van der Waals surface area contributed by atoms with Gasteiger partial charge in [-0.2, -0.15) is 0 Å². The summed E-state index contributed by atoms with van der Waals surface area (Å²) in [7, 11) is 0. The van der Waals surface area contributed by atoms with Gasteiger partial charge in [0.15, 0.2) is 0 Å². The van der Waals surface area contributed by atoms with Gasteiger partial charge in [0.1, 0.15) is 0 Å². The zero-order chi connectivity index (χ0) is 31.3. The summed E-state index contributed by atoms with van der Waals surface area (Å²) in [6.45, 7) is 13.5. The number of nitrogens with zero attached hydrogens (tertiary/aromatic N) is 2. The number of aromatic nitrogens is 2. The van der Waals surface area contributed by atoms with Crippen LogP contribution in [0.1, 0.15) is 52.7 Å². The van der Waals surface area contributed by atoms with Gasteiger partial charge in [0, 0.05) is 38.7 Å². The maximum Gasteiger partial charge on any atom is 0.222 e. The Labute approximate surface area is 269 Å². The fourth-order valence-corrected chi connectivity index (χ4v) is 7.22. The van der Waals surface area contributed by atoms with Crippen molar-refractivity contribution in [2.75, 3.05) is 0 Å². The lowest BCUT2D eigenvalue weighted by atomic mass is 9.87. The van der Waals surface area contributed by atoms with Gasteiger partial charge in [0.25, 0.3) is 0 Å². The van der Waals surface area contributed by atoms with E-state index in [0.29, 0.717) is 11.8 Å². The quantitative estimate of drug-likeness (QED) is 0.195. The first-order valence-corrected chi connectivity index (χ1v) is 16.4. The Balaban J connectivity index is 1.41. The number of thiophene rings is 1. The molecule has 3 heterocycles. The zero-order valence-electron chi connectivity index (χ0n) is 26.8. The largest absolute Gasteiger partial charge is 0.421 e. The predicted molar refractivity (Wildman–Crippen MR) is 192 cm³/mol. The first kappa shape index (κ1) is 29.2. The average Bonchev–Trinajstić information content (AvgIpc) is 3.37. The second-order valence-electron chi connectivity index (χ2n) is 14.2. The fourth-order valence-electron chi connectivity index (χ4n) is 5.96. The van der Waals surface area contributed by atoms with Gasteiger partial charge in [-0.1, -0.05) is 120 Å². The van der Waals surface area contributed by atoms with Crippen LogP contribution in [0.2, 0.25) is 0 Å². The first-order valence-electron chi connectivity index (χ1n) is 15.6. The van der Waals surface area contributed by atoms with Crippen LogP contribution in [-0.4, -0.2) is 9.97 Å². The Morgan fingerprint density at radius 3 is 2.11 bits per heavy atom. The summed E-state index contributed by atoms with van der Waals surface area (Å²) in [5.74, 6) is 1.09. The van der Waals surface area contributed by atoms with Gasteiger partial charge in [-0.3, -0.25) is 0 Å². The molecular weight excluding hydrogens is 569 g/mol. The van der Waals surface area contributed by atoms with Gasteiger partial charge >= 0.3 is 0 Å². The minimum atomic E-state index is -0.0768. The molecule has 0 atom stereocenters. The van der Waals surface area contributed by atoms with Crippen LogP contribution in [0.15, 0.2) is 109 Å². The zero-order valence-corrected chi connectivity index (χ0v) is 27.6. The van der Waals surface area contributed by atoms with Crippen LogP contribution in [0.25, 0.3) is 53.5 Å². The molecule has 0 spiro atoms. The first-order chi connectivity index (χ1) is 21.5. The molecule has 4 heteroatoms. The molecule has 0 N–H and O–H groups in total. The van der Waals surface area contributed by atoms with Crippen molar-refractivity contribution in [3.8, 4) is 34.3 Å². The van der Waals surface area contributed by atoms with Crippen LogP contribution in [0, 0.1) is 5.41 Å². The number of pyridine rings is 2. The summed E-state index contributed by atoms with van der Waals surface area (Å²) in [4.78, 5) is 10.2. The molecule has 3 nitrogen and oxygen atoms in total. The van der Waals surface area contributed by atoms with E-state index in [1.54, 1.807) is 0 Å². The number of rotatable bonds is 5. The smallest absolute Gasteiger partial charge is 0.222 e. The van der Waals surface area contributed by atoms with Gasteiger partial charge in [-0.25, -0.2) is 9.97 Å². The summed E-state index contributed by atoms with van der Waals surface area (Å²) in [6.07, 6.45) is 1.03. The molecule has 0 amide bonds. The fraction of sp³-hybridized carbons (Fsp3) is 0.220. The van der Waals surface area contributed by atoms with Gasteiger partial charge in [0.05, 0.1) is 16.1 Å². The van der Waals surface area contributed by atoms with Crippen molar-refractivity contribution < 1.29 is 4.74 Å². The maximum atomic E-state index is 6.62. The lowest BCUT2D eigenvalue weighted by Gasteiger charge is -2.21. The molecule has 0 aliphatic rings. The predicted octanol–water partition coefficient (Wildman–Crippen LogP) is 12.0. The minimum Gasteiger partial charge on any atom is -0.421 e. The lowest BCUT2D eigenvalue weighted by molar-refractivity contribution is 0.411. The molecule has 0 saturated heterocycles. The second-order valence-corrected chi connectivity index (χ2v) is 15.3. The van der Waals surface area contributed by atoms with E-state index in [-0.39, 0.29) is 10.8 Å². The Morgan fingerprint density at radius 1 is 0.622 bits per heavy atom. The van der Waals surface area contributed by atoms with Crippen molar-refractivity contribution in [2.24, 2.45) is 5.41 Å². The van der Waals surface area contributed by atoms with Crippen molar-refractivity contribution >= 4 is 42.3 Å². The minimum absolute atomic E-state index is 0.0768. The number of hydrogen-bond donors (Lipinski definition) is 0. The molecular formula is C41H38N2OS. The molecule has 0 aliphatic heterocycles. The highest BCUT2D eigenvalue weighted by atomic mass is 32.1. The summed E-state index contributed by atoms with van der Waals surface area (Å²) in [6, 6.07) is 38.6. The highest BCUT2D eigenvalue weighted by molar-refractivity contribution is 7.26. The number of benzene rings is 4. The van der Waals surface area contributed by atoms with Crippen LogP contribution in [0.3, 0.4) is 0 Å². The molecule has 0 bridgehead atoms. The van der Waals surface area contributed by atoms with Crippen LogP contribution in [0.4, 0.5) is 0 Å². The van der Waals surface area contributed by atoms with E-state index in [1.807, 2.05) is 29.5 Å². The molecule has 3 aromatic heterocycles. The molecule has 0 unspecified atom stereocenters. The highest BCUT2D eigenvalue weighted by Crippen LogP contribution is 2.43. The molecule has 7 aromatic rings. The average molecular weight is 607 g/mol. The van der Waals surface area contributed by atoms with Gasteiger partial charge in [0.2, 0.25) is 11.8 Å². The molecule has 0 aliphatic carbocycles. The van der Waals surface area contributed by atoms with Crippen molar-refractivity contribution in [2.45, 2.75) is 53.4 Å². The second kappa shape index (κ2) is 11.1. The van der Waals surface area contributed by atoms with E-state index in [2.05, 4.69) is 133 Å². The van der Waals surface area contributed by atoms with Crippen molar-refractivity contribution in [1.29, 1.82) is 0 Å². The molecule has 0 radical (unpaired) electrons. The Hall–Kier alpha value is -4.54. The normalized spacial score (nSPS) is 12.3. The molecule has 4 aromatic carbocycles. The van der Waals surface area contributed by atoms with E-state index < -0.39 is 0 Å². The van der Waals surface area contributed by atoms with Gasteiger partial charge < -0.3 is 4.74 Å². The summed E-state index contributed by atoms with van der Waals surface area (Å²) >= 11 is 1.82. The van der Waals surface area contributed by atoms with Crippen molar-refractivity contribution in [1.82, 2.24) is 9.97 Å². The van der Waals surface area contributed by atoms with E-state index >= 15 is 0 Å². The lowest BCUT2D eigenvalue weighted by Crippen LogP contribution is -2.12. The van der Waals surface area contributed by atoms with E-state index in [9.17, 15) is 0 Å². The third-order valence-electron chi connectivity index (χ3n) is 8.20. The standard InChI is InChI=1S/C41H38N2OS/c1-40(2,3)25-26-16-19-32-33-24-37(44-36-23-31(41(4,5)6)22-34(42-36)28-13-8-7-9-14-28)43-38(39(33)45-35(32)20-26)30-18-17-27-12-10-11-15-29(27)21-30/h7-24H,25H2,1-6H3. The summed E-state index contributed by atoms with van der Waals surface area (Å²) in [5.41, 5.74) is 6.62. The Morgan fingerprint density at radius 2 is 1.36 bits per heavy atom. The van der Waals surface area contributed by atoms with Crippen LogP contribution in [-0.2, 0) is 11.8 Å². The summed E-state index contributed by atoms with van der Waals surface area (Å²) in [5, 5.41) is 4.78. The topological polar surface area (TPSA) is 35.0 Å². The highest BCUT2D eigenvalue weighted by Gasteiger charge is 2.20. The van der Waals surface area contributed by atoms with E-state index in [4.69, 9.17) is 14.7 Å². The van der Waals surface area contributed by atoms with Gasteiger partial charge in [-0.05, 0) is 57.3 Å². The SMILES string of the molecule is CC(C)(C)Cc1ccc2c(c1)sc1c(-c3ccc4ccccc4c3)nc(Oc3cc(C(C)(C)C)cc(-c4ccccc4)n3)cc12. The van der Waals surface area contributed by atoms with Crippen molar-refractivity contribution in [3.05, 3.63) is 120 Å². The Bertz CT molecular complexity index is 2180. The number of hydrogen-bond acceptors (Lipinski definition) is 4. The number of ether oxygens (including phenoxy) is 1. The molecule has 45 heavy (non-hydrogen) atoms. The number of fused-ring (bicyclic) bond motifs is 4. The molecule has 0 fully saturated rings. The van der Waals surface area contributed by atoms with E-state index in [1.165, 1.54) is 31.1 Å². The monoisotopic (exact) mass is 606 g/mol. The molecule has 0 saturated carbocycles. The van der Waals surface area contributed by atoms with Crippen LogP contribution in [0.5, 0.6) is 11.8 Å². The molecule has 7 rings (SSSR count). The third-order valence-corrected chi connectivity index (χ3v) is 9.38. The van der Waals surface area contributed by atoms with Crippen LogP contribution < -0.4 is 4.74 Å². The Kier molecular flexibility index (Phi) is 7.21. The maximum absolute atomic E-state index is 6.62. The molecule has 224 valence electrons. The third kappa shape index (κ3) is 6.08. The van der Waals surface area contributed by atoms with Crippen LogP contribution >= 0.6 is 11.3 Å². The summed E-state index contributed by atoms with van der Waals surface area (Å²) < 4.78 is 9.06. The van der Waals surface area contributed by atoms with Crippen molar-refractivity contribution in [3.63, 3.8) is 0 Å². The van der Waals surface area contributed by atoms with Gasteiger partial charge in [-0.15, -0.1) is 11.3 Å².